The van der Waals surface area contributed by atoms with Gasteiger partial charge in [0.1, 0.15) is 0 Å². The SMILES string of the molecule is O=C(NCC1CCN(CC(F)(F)F)CC1)NCC1CCN(C2CC2)C1. The molecular formula is C17H29F3N4O. The summed E-state index contributed by atoms with van der Waals surface area (Å²) < 4.78 is 37.1. The maximum atomic E-state index is 12.4. The first-order valence-corrected chi connectivity index (χ1v) is 9.44. The molecule has 3 fully saturated rings. The first-order valence-electron chi connectivity index (χ1n) is 9.44. The Morgan fingerprint density at radius 2 is 1.52 bits per heavy atom. The number of amides is 2. The Morgan fingerprint density at radius 1 is 0.920 bits per heavy atom. The molecule has 3 aliphatic rings. The summed E-state index contributed by atoms with van der Waals surface area (Å²) in [6.45, 7) is 3.56. The molecule has 1 aliphatic carbocycles. The molecule has 2 N–H and O–H groups in total. The van der Waals surface area contributed by atoms with Gasteiger partial charge in [0.15, 0.2) is 0 Å². The van der Waals surface area contributed by atoms with Gasteiger partial charge in [0.25, 0.3) is 0 Å². The van der Waals surface area contributed by atoms with Crippen LogP contribution < -0.4 is 10.6 Å². The lowest BCUT2D eigenvalue weighted by atomic mass is 9.97. The molecule has 5 nitrogen and oxygen atoms in total. The van der Waals surface area contributed by atoms with E-state index in [0.717, 1.165) is 25.6 Å². The van der Waals surface area contributed by atoms with Gasteiger partial charge >= 0.3 is 12.2 Å². The standard InChI is InChI=1S/C17H29F3N4O/c18-17(19,20)12-23-6-3-13(4-7-23)9-21-16(25)22-10-14-5-8-24(11-14)15-1-2-15/h13-15H,1-12H2,(H2,21,22,25). The van der Waals surface area contributed by atoms with Gasteiger partial charge < -0.3 is 15.5 Å². The molecule has 144 valence electrons. The highest BCUT2D eigenvalue weighted by Crippen LogP contribution is 2.31. The van der Waals surface area contributed by atoms with Gasteiger partial charge in [-0.3, -0.25) is 4.90 Å². The molecule has 0 aromatic carbocycles. The lowest BCUT2D eigenvalue weighted by Gasteiger charge is -2.32. The first kappa shape index (κ1) is 18.8. The summed E-state index contributed by atoms with van der Waals surface area (Å²) in [7, 11) is 0. The molecule has 0 aromatic rings. The predicted molar refractivity (Wildman–Crippen MR) is 89.3 cm³/mol. The molecule has 1 saturated carbocycles. The van der Waals surface area contributed by atoms with Gasteiger partial charge in [0.2, 0.25) is 0 Å². The highest BCUT2D eigenvalue weighted by atomic mass is 19.4. The minimum Gasteiger partial charge on any atom is -0.338 e. The largest absolute Gasteiger partial charge is 0.401 e. The lowest BCUT2D eigenvalue weighted by Crippen LogP contribution is -2.44. The zero-order valence-electron chi connectivity index (χ0n) is 14.7. The molecule has 1 atom stereocenters. The second kappa shape index (κ2) is 8.12. The molecule has 2 heterocycles. The van der Waals surface area contributed by atoms with Crippen molar-refractivity contribution in [3.8, 4) is 0 Å². The van der Waals surface area contributed by atoms with Crippen molar-refractivity contribution in [1.29, 1.82) is 0 Å². The number of carbonyl (C=O) groups is 1. The van der Waals surface area contributed by atoms with Crippen LogP contribution in [0.4, 0.5) is 18.0 Å². The third-order valence-electron chi connectivity index (χ3n) is 5.59. The second-order valence-electron chi connectivity index (χ2n) is 7.81. The average molecular weight is 362 g/mol. The zero-order chi connectivity index (χ0) is 17.9. The van der Waals surface area contributed by atoms with Crippen molar-refractivity contribution in [2.24, 2.45) is 11.8 Å². The van der Waals surface area contributed by atoms with E-state index < -0.39 is 12.7 Å². The maximum absolute atomic E-state index is 12.4. The molecule has 0 bridgehead atoms. The Morgan fingerprint density at radius 3 is 2.12 bits per heavy atom. The van der Waals surface area contributed by atoms with Crippen LogP contribution in [0.5, 0.6) is 0 Å². The van der Waals surface area contributed by atoms with E-state index in [2.05, 4.69) is 15.5 Å². The van der Waals surface area contributed by atoms with Crippen molar-refractivity contribution in [2.75, 3.05) is 45.8 Å². The van der Waals surface area contributed by atoms with Crippen molar-refractivity contribution in [1.82, 2.24) is 20.4 Å². The van der Waals surface area contributed by atoms with Crippen LogP contribution in [-0.4, -0.2) is 73.9 Å². The Kier molecular flexibility index (Phi) is 6.09. The lowest BCUT2D eigenvalue weighted by molar-refractivity contribution is -0.148. The minimum atomic E-state index is -4.12. The number of rotatable bonds is 6. The van der Waals surface area contributed by atoms with Crippen LogP contribution in [0.15, 0.2) is 0 Å². The summed E-state index contributed by atoms with van der Waals surface area (Å²) >= 11 is 0. The van der Waals surface area contributed by atoms with Crippen LogP contribution in [0.25, 0.3) is 0 Å². The van der Waals surface area contributed by atoms with Crippen molar-refractivity contribution in [3.63, 3.8) is 0 Å². The van der Waals surface area contributed by atoms with Crippen molar-refractivity contribution >= 4 is 6.03 Å². The normalized spacial score (nSPS) is 26.8. The molecule has 2 saturated heterocycles. The van der Waals surface area contributed by atoms with Crippen molar-refractivity contribution in [2.45, 2.75) is 44.3 Å². The van der Waals surface area contributed by atoms with Gasteiger partial charge in [0.05, 0.1) is 6.54 Å². The average Bonchev–Trinajstić information content (AvgIpc) is 3.29. The van der Waals surface area contributed by atoms with Crippen molar-refractivity contribution < 1.29 is 18.0 Å². The minimum absolute atomic E-state index is 0.150. The van der Waals surface area contributed by atoms with E-state index in [0.29, 0.717) is 44.9 Å². The molecule has 25 heavy (non-hydrogen) atoms. The molecule has 2 amide bonds. The molecule has 0 spiro atoms. The number of hydrogen-bond acceptors (Lipinski definition) is 3. The van der Waals surface area contributed by atoms with E-state index in [4.69, 9.17) is 0 Å². The fourth-order valence-corrected chi connectivity index (χ4v) is 3.94. The van der Waals surface area contributed by atoms with E-state index >= 15 is 0 Å². The second-order valence-corrected chi connectivity index (χ2v) is 7.81. The topological polar surface area (TPSA) is 47.6 Å². The summed E-state index contributed by atoms with van der Waals surface area (Å²) in [6, 6.07) is 0.643. The Bertz CT molecular complexity index is 448. The number of carbonyl (C=O) groups excluding carboxylic acids is 1. The van der Waals surface area contributed by atoms with E-state index in [1.807, 2.05) is 0 Å². The monoisotopic (exact) mass is 362 g/mol. The smallest absolute Gasteiger partial charge is 0.338 e. The van der Waals surface area contributed by atoms with E-state index in [-0.39, 0.29) is 11.9 Å². The summed E-state index contributed by atoms with van der Waals surface area (Å²) in [5.41, 5.74) is 0. The summed E-state index contributed by atoms with van der Waals surface area (Å²) in [5, 5.41) is 5.83. The van der Waals surface area contributed by atoms with Gasteiger partial charge in [-0.05, 0) is 63.6 Å². The number of nitrogens with one attached hydrogen (secondary N) is 2. The van der Waals surface area contributed by atoms with Gasteiger partial charge in [0, 0.05) is 25.7 Å². The summed E-state index contributed by atoms with van der Waals surface area (Å²) in [5.74, 6) is 0.809. The number of halogens is 3. The predicted octanol–water partition coefficient (Wildman–Crippen LogP) is 2.04. The van der Waals surface area contributed by atoms with Gasteiger partial charge in [-0.1, -0.05) is 0 Å². The van der Waals surface area contributed by atoms with Crippen LogP contribution in [-0.2, 0) is 0 Å². The van der Waals surface area contributed by atoms with Crippen LogP contribution in [0.3, 0.4) is 0 Å². The Balaban J connectivity index is 1.24. The number of nitrogens with zero attached hydrogens (tertiary/aromatic N) is 2. The maximum Gasteiger partial charge on any atom is 0.401 e. The molecular weight excluding hydrogens is 333 g/mol. The first-order chi connectivity index (χ1) is 11.9. The third kappa shape index (κ3) is 6.33. The fourth-order valence-electron chi connectivity index (χ4n) is 3.94. The number of alkyl halides is 3. The highest BCUT2D eigenvalue weighted by Gasteiger charge is 2.34. The fraction of sp³-hybridized carbons (Fsp3) is 0.941. The number of urea groups is 1. The Hall–Kier alpha value is -1.02. The van der Waals surface area contributed by atoms with Crippen LogP contribution in [0, 0.1) is 11.8 Å². The quantitative estimate of drug-likeness (QED) is 0.760. The van der Waals surface area contributed by atoms with Crippen molar-refractivity contribution in [3.05, 3.63) is 0 Å². The van der Waals surface area contributed by atoms with E-state index in [1.54, 1.807) is 0 Å². The highest BCUT2D eigenvalue weighted by molar-refractivity contribution is 5.73. The molecule has 3 rings (SSSR count). The molecule has 0 aromatic heterocycles. The van der Waals surface area contributed by atoms with Crippen LogP contribution in [0.2, 0.25) is 0 Å². The molecule has 0 radical (unpaired) electrons. The number of hydrogen-bond donors (Lipinski definition) is 2. The molecule has 8 heteroatoms. The molecule has 1 unspecified atom stereocenters. The van der Waals surface area contributed by atoms with Crippen LogP contribution in [0.1, 0.15) is 32.1 Å². The molecule has 2 aliphatic heterocycles. The number of likely N-dealkylation sites (tertiary alicyclic amines) is 2. The third-order valence-corrected chi connectivity index (χ3v) is 5.59. The summed E-state index contributed by atoms with van der Waals surface area (Å²) in [6.07, 6.45) is 1.07. The number of piperidine rings is 1. The van der Waals surface area contributed by atoms with Gasteiger partial charge in [-0.25, -0.2) is 4.79 Å². The zero-order valence-corrected chi connectivity index (χ0v) is 14.7. The van der Waals surface area contributed by atoms with E-state index in [9.17, 15) is 18.0 Å². The summed E-state index contributed by atoms with van der Waals surface area (Å²) in [4.78, 5) is 15.9. The van der Waals surface area contributed by atoms with Crippen LogP contribution >= 0.6 is 0 Å². The van der Waals surface area contributed by atoms with Gasteiger partial charge in [-0.2, -0.15) is 13.2 Å². The van der Waals surface area contributed by atoms with E-state index in [1.165, 1.54) is 17.7 Å². The Labute approximate surface area is 147 Å². The van der Waals surface area contributed by atoms with Gasteiger partial charge in [-0.15, -0.1) is 0 Å².